The molecule has 1 heterocycles. The van der Waals surface area contributed by atoms with Gasteiger partial charge in [0.1, 0.15) is 5.82 Å². The van der Waals surface area contributed by atoms with Crippen LogP contribution in [-0.2, 0) is 6.54 Å². The molecule has 1 aromatic heterocycles. The summed E-state index contributed by atoms with van der Waals surface area (Å²) >= 11 is 0. The van der Waals surface area contributed by atoms with Gasteiger partial charge in [-0.15, -0.1) is 0 Å². The van der Waals surface area contributed by atoms with E-state index in [1.165, 1.54) is 60.9 Å². The molecule has 0 aliphatic carbocycles. The third-order valence-corrected chi connectivity index (χ3v) is 5.83. The molecule has 2 nitrogen and oxygen atoms in total. The number of benzene rings is 3. The minimum Gasteiger partial charge on any atom is -0.323 e. The largest absolute Gasteiger partial charge is 0.323 e. The van der Waals surface area contributed by atoms with Crippen molar-refractivity contribution in [3.63, 3.8) is 0 Å². The van der Waals surface area contributed by atoms with E-state index in [4.69, 9.17) is 4.98 Å². The van der Waals surface area contributed by atoms with Crippen LogP contribution in [0.25, 0.3) is 33.9 Å². The van der Waals surface area contributed by atoms with E-state index < -0.39 is 0 Å². The van der Waals surface area contributed by atoms with Gasteiger partial charge in [0.25, 0.3) is 0 Å². The molecule has 0 saturated carbocycles. The van der Waals surface area contributed by atoms with E-state index >= 15 is 0 Å². The van der Waals surface area contributed by atoms with Gasteiger partial charge in [0.2, 0.25) is 0 Å². The van der Waals surface area contributed by atoms with Crippen molar-refractivity contribution in [2.75, 3.05) is 0 Å². The lowest BCUT2D eigenvalue weighted by molar-refractivity contribution is 0.562. The molecule has 0 radical (unpaired) electrons. The zero-order valence-corrected chi connectivity index (χ0v) is 18.5. The smallest absolute Gasteiger partial charge is 0.141 e. The first-order chi connectivity index (χ1) is 15.4. The van der Waals surface area contributed by atoms with Crippen molar-refractivity contribution in [1.29, 1.82) is 0 Å². The Balaban J connectivity index is 1.78. The van der Waals surface area contributed by atoms with E-state index in [0.717, 1.165) is 18.1 Å². The van der Waals surface area contributed by atoms with E-state index in [1.54, 1.807) is 0 Å². The first-order valence-corrected chi connectivity index (χ1v) is 11.6. The molecule has 0 saturated heterocycles. The maximum atomic E-state index is 5.22. The third-order valence-electron chi connectivity index (χ3n) is 5.83. The van der Waals surface area contributed by atoms with Gasteiger partial charge < -0.3 is 4.57 Å². The molecule has 0 amide bonds. The zero-order valence-electron chi connectivity index (χ0n) is 18.5. The number of unbranched alkanes of at least 4 members (excludes halogenated alkanes) is 5. The molecule has 4 aromatic rings. The Labute approximate surface area is 186 Å². The second-order valence-corrected chi connectivity index (χ2v) is 8.15. The van der Waals surface area contributed by atoms with Crippen molar-refractivity contribution in [2.24, 2.45) is 0 Å². The topological polar surface area (TPSA) is 17.8 Å². The lowest BCUT2D eigenvalue weighted by Crippen LogP contribution is -2.03. The molecular weight excluding hydrogens is 376 g/mol. The highest BCUT2D eigenvalue weighted by molar-refractivity contribution is 5.82. The van der Waals surface area contributed by atoms with Gasteiger partial charge >= 0.3 is 0 Å². The normalized spacial score (nSPS) is 11.0. The molecule has 31 heavy (non-hydrogen) atoms. The molecule has 3 aromatic carbocycles. The minimum absolute atomic E-state index is 0.987. The summed E-state index contributed by atoms with van der Waals surface area (Å²) in [5.74, 6) is 1.06. The van der Waals surface area contributed by atoms with Crippen LogP contribution in [0, 0.1) is 0 Å². The number of nitrogens with zero attached hydrogens (tertiary/aromatic N) is 2. The molecule has 0 aliphatic heterocycles. The van der Waals surface area contributed by atoms with Gasteiger partial charge in [0.15, 0.2) is 0 Å². The van der Waals surface area contributed by atoms with Crippen LogP contribution in [0.15, 0.2) is 91.0 Å². The van der Waals surface area contributed by atoms with Crippen LogP contribution < -0.4 is 0 Å². The predicted molar refractivity (Wildman–Crippen MR) is 132 cm³/mol. The molecule has 4 rings (SSSR count). The zero-order chi connectivity index (χ0) is 21.3. The molecule has 0 atom stereocenters. The van der Waals surface area contributed by atoms with Gasteiger partial charge in [-0.1, -0.05) is 130 Å². The van der Waals surface area contributed by atoms with Crippen molar-refractivity contribution in [2.45, 2.75) is 52.0 Å². The van der Waals surface area contributed by atoms with E-state index in [0.29, 0.717) is 0 Å². The Morgan fingerprint density at radius 3 is 1.71 bits per heavy atom. The second-order valence-electron chi connectivity index (χ2n) is 8.15. The van der Waals surface area contributed by atoms with Crippen LogP contribution in [0.2, 0.25) is 0 Å². The lowest BCUT2D eigenvalue weighted by Gasteiger charge is -2.13. The van der Waals surface area contributed by atoms with Crippen LogP contribution in [-0.4, -0.2) is 9.55 Å². The monoisotopic (exact) mass is 408 g/mol. The van der Waals surface area contributed by atoms with E-state index in [9.17, 15) is 0 Å². The lowest BCUT2D eigenvalue weighted by atomic mass is 10.0. The predicted octanol–water partition coefficient (Wildman–Crippen LogP) is 8.24. The van der Waals surface area contributed by atoms with Crippen molar-refractivity contribution < 1.29 is 0 Å². The molecule has 0 bridgehead atoms. The SMILES string of the molecule is CCCCCCCCn1c(-c2ccccc2)nc(-c2ccccc2)c1-c1ccccc1. The highest BCUT2D eigenvalue weighted by atomic mass is 15.1. The average Bonchev–Trinajstić information content (AvgIpc) is 3.22. The summed E-state index contributed by atoms with van der Waals surface area (Å²) in [6.45, 7) is 3.26. The fourth-order valence-corrected chi connectivity index (χ4v) is 4.21. The van der Waals surface area contributed by atoms with Crippen LogP contribution in [0.3, 0.4) is 0 Å². The molecule has 158 valence electrons. The van der Waals surface area contributed by atoms with Gasteiger partial charge in [-0.25, -0.2) is 4.98 Å². The molecule has 0 aliphatic rings. The molecule has 2 heteroatoms. The summed E-state index contributed by atoms with van der Waals surface area (Å²) in [6, 6.07) is 31.9. The van der Waals surface area contributed by atoms with E-state index in [-0.39, 0.29) is 0 Å². The Bertz CT molecular complexity index is 1050. The fourth-order valence-electron chi connectivity index (χ4n) is 4.21. The molecule has 0 spiro atoms. The molecular formula is C29H32N2. The number of rotatable bonds is 10. The first kappa shape index (κ1) is 21.1. The van der Waals surface area contributed by atoms with Crippen LogP contribution >= 0.6 is 0 Å². The molecule has 0 unspecified atom stereocenters. The van der Waals surface area contributed by atoms with Crippen molar-refractivity contribution in [3.8, 4) is 33.9 Å². The second kappa shape index (κ2) is 10.8. The van der Waals surface area contributed by atoms with Crippen LogP contribution in [0.1, 0.15) is 45.4 Å². The maximum absolute atomic E-state index is 5.22. The number of hydrogen-bond donors (Lipinski definition) is 0. The van der Waals surface area contributed by atoms with Crippen molar-refractivity contribution in [1.82, 2.24) is 9.55 Å². The summed E-state index contributed by atoms with van der Waals surface area (Å²) in [4.78, 5) is 5.22. The highest BCUT2D eigenvalue weighted by Gasteiger charge is 2.20. The van der Waals surface area contributed by atoms with Gasteiger partial charge in [-0.2, -0.15) is 0 Å². The standard InChI is InChI=1S/C29H32N2/c1-2-3-4-5-6-16-23-31-28(25-19-12-8-13-20-25)27(24-17-10-7-11-18-24)30-29(31)26-21-14-9-15-22-26/h7-15,17-22H,2-6,16,23H2,1H3. The van der Waals surface area contributed by atoms with Crippen molar-refractivity contribution >= 4 is 0 Å². The summed E-state index contributed by atoms with van der Waals surface area (Å²) in [6.07, 6.45) is 7.73. The fraction of sp³-hybridized carbons (Fsp3) is 0.276. The number of aromatic nitrogens is 2. The van der Waals surface area contributed by atoms with Gasteiger partial charge in [-0.3, -0.25) is 0 Å². The van der Waals surface area contributed by atoms with Gasteiger partial charge in [0.05, 0.1) is 11.4 Å². The summed E-state index contributed by atoms with van der Waals surface area (Å²) in [5.41, 5.74) is 5.85. The summed E-state index contributed by atoms with van der Waals surface area (Å²) in [7, 11) is 0. The van der Waals surface area contributed by atoms with Crippen LogP contribution in [0.5, 0.6) is 0 Å². The van der Waals surface area contributed by atoms with E-state index in [1.807, 2.05) is 0 Å². The summed E-state index contributed by atoms with van der Waals surface area (Å²) in [5, 5.41) is 0. The maximum Gasteiger partial charge on any atom is 0.141 e. The van der Waals surface area contributed by atoms with E-state index in [2.05, 4.69) is 102 Å². The minimum atomic E-state index is 0.987. The number of imidazole rings is 1. The van der Waals surface area contributed by atoms with Gasteiger partial charge in [-0.05, 0) is 6.42 Å². The van der Waals surface area contributed by atoms with Crippen molar-refractivity contribution in [3.05, 3.63) is 91.0 Å². The quantitative estimate of drug-likeness (QED) is 0.242. The first-order valence-electron chi connectivity index (χ1n) is 11.6. The van der Waals surface area contributed by atoms with Crippen LogP contribution in [0.4, 0.5) is 0 Å². The average molecular weight is 409 g/mol. The Morgan fingerprint density at radius 2 is 1.10 bits per heavy atom. The number of hydrogen-bond acceptors (Lipinski definition) is 1. The summed E-state index contributed by atoms with van der Waals surface area (Å²) < 4.78 is 2.45. The Kier molecular flexibility index (Phi) is 7.33. The Morgan fingerprint density at radius 1 is 0.581 bits per heavy atom. The molecule has 0 N–H and O–H groups in total. The molecule has 0 fully saturated rings. The highest BCUT2D eigenvalue weighted by Crippen LogP contribution is 2.36. The third kappa shape index (κ3) is 5.14. The Hall–Kier alpha value is -3.13. The van der Waals surface area contributed by atoms with Gasteiger partial charge in [0, 0.05) is 23.2 Å².